The smallest absolute Gasteiger partial charge is 0.302 e. The number of aliphatic hydroxyl groups is 1. The van der Waals surface area contributed by atoms with Crippen molar-refractivity contribution in [2.75, 3.05) is 46.2 Å². The summed E-state index contributed by atoms with van der Waals surface area (Å²) in [6.45, 7) is 12.6. The van der Waals surface area contributed by atoms with Gasteiger partial charge < -0.3 is 38.3 Å². The molecule has 280 valence electrons. The van der Waals surface area contributed by atoms with E-state index in [-0.39, 0.29) is 25.0 Å². The van der Waals surface area contributed by atoms with Crippen LogP contribution in [-0.4, -0.2) is 81.7 Å². The Balaban J connectivity index is 1.78. The van der Waals surface area contributed by atoms with Crippen molar-refractivity contribution in [3.8, 4) is 11.5 Å². The lowest BCUT2D eigenvalue weighted by molar-refractivity contribution is -0.267. The maximum absolute atomic E-state index is 12.1. The third kappa shape index (κ3) is 11.8. The molecule has 2 aromatic rings. The number of unbranched alkanes of at least 4 members (excludes halogenated alkanes) is 3. The first-order valence-electron chi connectivity index (χ1n) is 18.7. The topological polar surface area (TPSA) is 102 Å². The minimum Gasteiger partial charge on any atom is -0.494 e. The van der Waals surface area contributed by atoms with E-state index in [4.69, 9.17) is 44.8 Å². The SMILES string of the molecule is CCCCO[C@@H]1[C@@H](OCCCC)[C@H](c2cc(Cc3ccc(OCC)cc3)c(Cl)cc2OC[C@@H]2C[C@@H]2CO)O[C@H](COC(C)=O)[C@H]1OCCCC. The van der Waals surface area contributed by atoms with Gasteiger partial charge >= 0.3 is 5.97 Å². The summed E-state index contributed by atoms with van der Waals surface area (Å²) in [6.07, 6.45) is 4.28. The van der Waals surface area contributed by atoms with Gasteiger partial charge in [-0.2, -0.15) is 0 Å². The summed E-state index contributed by atoms with van der Waals surface area (Å²) in [5.74, 6) is 1.55. The van der Waals surface area contributed by atoms with Gasteiger partial charge in [0.2, 0.25) is 0 Å². The molecule has 0 bridgehead atoms. The molecule has 2 aromatic carbocycles. The molecule has 0 aromatic heterocycles. The van der Waals surface area contributed by atoms with Crippen molar-refractivity contribution in [1.82, 2.24) is 0 Å². The zero-order valence-corrected chi connectivity index (χ0v) is 31.5. The second-order valence-corrected chi connectivity index (χ2v) is 13.9. The second kappa shape index (κ2) is 21.2. The zero-order chi connectivity index (χ0) is 35.9. The monoisotopic (exact) mass is 718 g/mol. The summed E-state index contributed by atoms with van der Waals surface area (Å²) < 4.78 is 44.6. The second-order valence-electron chi connectivity index (χ2n) is 13.4. The van der Waals surface area contributed by atoms with Gasteiger partial charge in [-0.3, -0.25) is 4.79 Å². The van der Waals surface area contributed by atoms with Gasteiger partial charge in [0, 0.05) is 43.9 Å². The first kappa shape index (κ1) is 40.4. The molecule has 0 unspecified atom stereocenters. The van der Waals surface area contributed by atoms with Crippen LogP contribution < -0.4 is 9.47 Å². The van der Waals surface area contributed by atoms with Crippen LogP contribution in [0.5, 0.6) is 11.5 Å². The average molecular weight is 719 g/mol. The molecule has 1 aliphatic carbocycles. The Morgan fingerprint density at radius 1 is 0.840 bits per heavy atom. The zero-order valence-electron chi connectivity index (χ0n) is 30.7. The standard InChI is InChI=1S/C40H59ClO9/c1-6-10-17-45-38-36(26-48-27(5)43)50-37(39(46-18-11-7-2)40(38)47-19-12-8-3)33-22-29(20-28-13-15-32(16-14-28)44-9-4)34(41)23-35(33)49-25-31-21-30(31)24-42/h13-16,22-23,30-31,36-40,42H,6-12,17-21,24-26H2,1-5H3/t30-,31+,36-,37+,38-,39+,40+/m1/s1. The van der Waals surface area contributed by atoms with Crippen molar-refractivity contribution in [2.45, 2.75) is 117 Å². The molecule has 10 heteroatoms. The summed E-state index contributed by atoms with van der Waals surface area (Å²) in [7, 11) is 0. The van der Waals surface area contributed by atoms with Gasteiger partial charge in [-0.1, -0.05) is 63.8 Å². The molecule has 4 rings (SSSR count). The van der Waals surface area contributed by atoms with Crippen molar-refractivity contribution < 1.29 is 43.1 Å². The lowest BCUT2D eigenvalue weighted by atomic mass is 9.88. The minimum absolute atomic E-state index is 0.0149. The van der Waals surface area contributed by atoms with Gasteiger partial charge in [-0.15, -0.1) is 0 Å². The number of benzene rings is 2. The number of aliphatic hydroxyl groups excluding tert-OH is 1. The molecule has 1 saturated heterocycles. The van der Waals surface area contributed by atoms with Gasteiger partial charge in [0.05, 0.1) is 13.2 Å². The summed E-state index contributed by atoms with van der Waals surface area (Å²) in [6, 6.07) is 12.0. The lowest BCUT2D eigenvalue weighted by Gasteiger charge is -2.46. The van der Waals surface area contributed by atoms with Crippen LogP contribution in [0, 0.1) is 11.8 Å². The lowest BCUT2D eigenvalue weighted by Crippen LogP contribution is -2.58. The van der Waals surface area contributed by atoms with Crippen LogP contribution in [0.2, 0.25) is 5.02 Å². The molecule has 1 heterocycles. The number of rotatable bonds is 23. The van der Waals surface area contributed by atoms with E-state index in [2.05, 4.69) is 26.8 Å². The highest BCUT2D eigenvalue weighted by Crippen LogP contribution is 2.44. The van der Waals surface area contributed by atoms with Gasteiger partial charge in [-0.25, -0.2) is 0 Å². The first-order valence-corrected chi connectivity index (χ1v) is 19.1. The molecule has 2 fully saturated rings. The fourth-order valence-electron chi connectivity index (χ4n) is 6.29. The maximum Gasteiger partial charge on any atom is 0.302 e. The predicted octanol–water partition coefficient (Wildman–Crippen LogP) is 7.90. The van der Waals surface area contributed by atoms with E-state index in [1.807, 2.05) is 37.3 Å². The van der Waals surface area contributed by atoms with Crippen molar-refractivity contribution in [1.29, 1.82) is 0 Å². The molecule has 1 N–H and O–H groups in total. The number of halogens is 1. The van der Waals surface area contributed by atoms with Gasteiger partial charge in [-0.05, 0) is 86.3 Å². The average Bonchev–Trinajstić information content (AvgIpc) is 3.88. The van der Waals surface area contributed by atoms with E-state index >= 15 is 0 Å². The fraction of sp³-hybridized carbons (Fsp3) is 0.675. The van der Waals surface area contributed by atoms with Crippen molar-refractivity contribution >= 4 is 17.6 Å². The Morgan fingerprint density at radius 2 is 1.48 bits per heavy atom. The number of ether oxygens (including phenoxy) is 7. The Bertz CT molecular complexity index is 1290. The van der Waals surface area contributed by atoms with Crippen LogP contribution in [0.3, 0.4) is 0 Å². The van der Waals surface area contributed by atoms with Crippen LogP contribution in [0.4, 0.5) is 0 Å². The largest absolute Gasteiger partial charge is 0.494 e. The van der Waals surface area contributed by atoms with E-state index in [0.717, 1.165) is 67.4 Å². The summed E-state index contributed by atoms with van der Waals surface area (Å²) in [4.78, 5) is 12.1. The van der Waals surface area contributed by atoms with Gasteiger partial charge in [0.15, 0.2) is 0 Å². The minimum atomic E-state index is -0.635. The quantitative estimate of drug-likeness (QED) is 0.0908. The molecule has 7 atom stereocenters. The highest BCUT2D eigenvalue weighted by Gasteiger charge is 2.50. The third-order valence-electron chi connectivity index (χ3n) is 9.38. The van der Waals surface area contributed by atoms with Gasteiger partial charge in [0.1, 0.15) is 48.6 Å². The Kier molecular flexibility index (Phi) is 17.1. The van der Waals surface area contributed by atoms with Crippen LogP contribution in [0.1, 0.15) is 102 Å². The Labute approximate surface area is 304 Å². The molecule has 0 amide bonds. The number of hydrogen-bond donors (Lipinski definition) is 1. The van der Waals surface area contributed by atoms with Crippen LogP contribution in [0.25, 0.3) is 0 Å². The Morgan fingerprint density at radius 3 is 2.06 bits per heavy atom. The predicted molar refractivity (Wildman–Crippen MR) is 194 cm³/mol. The van der Waals surface area contributed by atoms with Crippen LogP contribution in [-0.2, 0) is 34.9 Å². The molecular formula is C40H59ClO9. The van der Waals surface area contributed by atoms with Crippen molar-refractivity contribution in [2.24, 2.45) is 11.8 Å². The van der Waals surface area contributed by atoms with Crippen LogP contribution in [0.15, 0.2) is 36.4 Å². The number of carbonyl (C=O) groups is 1. The van der Waals surface area contributed by atoms with Gasteiger partial charge in [0.25, 0.3) is 0 Å². The number of hydrogen-bond acceptors (Lipinski definition) is 9. The van der Waals surface area contributed by atoms with E-state index in [1.54, 1.807) is 0 Å². The van der Waals surface area contributed by atoms with Crippen molar-refractivity contribution in [3.05, 3.63) is 58.1 Å². The molecular weight excluding hydrogens is 660 g/mol. The van der Waals surface area contributed by atoms with E-state index in [0.29, 0.717) is 50.2 Å². The molecule has 9 nitrogen and oxygen atoms in total. The maximum atomic E-state index is 12.1. The third-order valence-corrected chi connectivity index (χ3v) is 9.73. The molecule has 0 radical (unpaired) electrons. The van der Waals surface area contributed by atoms with Crippen LogP contribution >= 0.6 is 11.6 Å². The van der Waals surface area contributed by atoms with E-state index in [9.17, 15) is 9.90 Å². The molecule has 50 heavy (non-hydrogen) atoms. The molecule has 1 saturated carbocycles. The normalized spacial score (nSPS) is 24.6. The van der Waals surface area contributed by atoms with Crippen molar-refractivity contribution in [3.63, 3.8) is 0 Å². The molecule has 0 spiro atoms. The number of esters is 1. The highest BCUT2D eigenvalue weighted by molar-refractivity contribution is 6.31. The number of carbonyl (C=O) groups excluding carboxylic acids is 1. The summed E-state index contributed by atoms with van der Waals surface area (Å²) in [5, 5.41) is 10.3. The van der Waals surface area contributed by atoms with E-state index < -0.39 is 36.5 Å². The molecule has 2 aliphatic rings. The van der Waals surface area contributed by atoms with E-state index in [1.165, 1.54) is 6.92 Å². The fourth-order valence-corrected chi connectivity index (χ4v) is 6.51. The molecule has 1 aliphatic heterocycles. The highest BCUT2D eigenvalue weighted by atomic mass is 35.5. The first-order chi connectivity index (χ1) is 24.3. The summed E-state index contributed by atoms with van der Waals surface area (Å²) >= 11 is 7.00. The Hall–Kier alpha value is -2.40. The summed E-state index contributed by atoms with van der Waals surface area (Å²) in [5.41, 5.74) is 2.79.